The summed E-state index contributed by atoms with van der Waals surface area (Å²) in [5.41, 5.74) is 3.28. The molecule has 0 spiro atoms. The molecular weight excluding hydrogens is 251 g/mol. The van der Waals surface area contributed by atoms with Gasteiger partial charge in [-0.1, -0.05) is 23.7 Å². The lowest BCUT2D eigenvalue weighted by Gasteiger charge is -2.14. The van der Waals surface area contributed by atoms with Crippen LogP contribution in [0, 0.1) is 5.82 Å². The molecule has 1 heterocycles. The lowest BCUT2D eigenvalue weighted by atomic mass is 10.0. The fourth-order valence-electron chi connectivity index (χ4n) is 2.52. The average Bonchev–Trinajstić information content (AvgIpc) is 2.79. The van der Waals surface area contributed by atoms with Gasteiger partial charge in [0, 0.05) is 5.69 Å². The standard InChI is InChI=1S/C14H14ClFN2/c15-14-10(4-3-5-11(14)16)8-18-9-17-12-6-1-2-7-13(12)18/h3-5,9H,1-2,6-8H2. The summed E-state index contributed by atoms with van der Waals surface area (Å²) in [4.78, 5) is 4.43. The van der Waals surface area contributed by atoms with E-state index in [1.54, 1.807) is 6.07 Å². The van der Waals surface area contributed by atoms with Crippen molar-refractivity contribution in [2.45, 2.75) is 32.2 Å². The maximum Gasteiger partial charge on any atom is 0.142 e. The molecule has 0 N–H and O–H groups in total. The van der Waals surface area contributed by atoms with Crippen molar-refractivity contribution >= 4 is 11.6 Å². The molecule has 94 valence electrons. The number of hydrogen-bond donors (Lipinski definition) is 0. The maximum absolute atomic E-state index is 13.4. The molecule has 0 unspecified atom stereocenters. The normalized spacial score (nSPS) is 14.6. The Bertz CT molecular complexity index is 577. The molecule has 0 amide bonds. The molecule has 4 heteroatoms. The molecule has 0 atom stereocenters. The summed E-state index contributed by atoms with van der Waals surface area (Å²) in [7, 11) is 0. The molecule has 1 aromatic carbocycles. The van der Waals surface area contributed by atoms with Crippen LogP contribution in [0.25, 0.3) is 0 Å². The fraction of sp³-hybridized carbons (Fsp3) is 0.357. The van der Waals surface area contributed by atoms with Gasteiger partial charge in [0.05, 0.1) is 23.6 Å². The minimum atomic E-state index is -0.358. The Balaban J connectivity index is 1.93. The minimum absolute atomic E-state index is 0.218. The van der Waals surface area contributed by atoms with Crippen molar-refractivity contribution in [2.24, 2.45) is 0 Å². The summed E-state index contributed by atoms with van der Waals surface area (Å²) in [6.45, 7) is 0.596. The Labute approximate surface area is 110 Å². The second-order valence-electron chi connectivity index (χ2n) is 4.69. The van der Waals surface area contributed by atoms with Gasteiger partial charge in [0.15, 0.2) is 0 Å². The van der Waals surface area contributed by atoms with E-state index in [0.29, 0.717) is 6.54 Å². The topological polar surface area (TPSA) is 17.8 Å². The first kappa shape index (κ1) is 11.7. The van der Waals surface area contributed by atoms with Gasteiger partial charge in [-0.05, 0) is 37.3 Å². The largest absolute Gasteiger partial charge is 0.330 e. The smallest absolute Gasteiger partial charge is 0.142 e. The van der Waals surface area contributed by atoms with Crippen LogP contribution in [-0.2, 0) is 19.4 Å². The number of rotatable bonds is 2. The number of nitrogens with zero attached hydrogens (tertiary/aromatic N) is 2. The highest BCUT2D eigenvalue weighted by molar-refractivity contribution is 6.31. The number of halogens is 2. The van der Waals surface area contributed by atoms with Crippen molar-refractivity contribution < 1.29 is 4.39 Å². The first-order chi connectivity index (χ1) is 8.75. The van der Waals surface area contributed by atoms with Crippen LogP contribution in [0.3, 0.4) is 0 Å². The molecule has 3 rings (SSSR count). The van der Waals surface area contributed by atoms with E-state index in [0.717, 1.165) is 18.4 Å². The zero-order valence-electron chi connectivity index (χ0n) is 10.00. The Kier molecular flexibility index (Phi) is 3.08. The van der Waals surface area contributed by atoms with Gasteiger partial charge >= 0.3 is 0 Å². The zero-order valence-corrected chi connectivity index (χ0v) is 10.8. The van der Waals surface area contributed by atoms with Crippen LogP contribution >= 0.6 is 11.6 Å². The molecule has 18 heavy (non-hydrogen) atoms. The van der Waals surface area contributed by atoms with Crippen molar-refractivity contribution in [3.05, 3.63) is 52.3 Å². The van der Waals surface area contributed by atoms with E-state index < -0.39 is 0 Å². The first-order valence-electron chi connectivity index (χ1n) is 6.21. The summed E-state index contributed by atoms with van der Waals surface area (Å²) in [6.07, 6.45) is 6.37. The Morgan fingerprint density at radius 1 is 1.28 bits per heavy atom. The summed E-state index contributed by atoms with van der Waals surface area (Å²) < 4.78 is 15.5. The van der Waals surface area contributed by atoms with Crippen molar-refractivity contribution in [3.63, 3.8) is 0 Å². The molecule has 0 radical (unpaired) electrons. The molecule has 0 saturated carbocycles. The van der Waals surface area contributed by atoms with Gasteiger partial charge in [-0.15, -0.1) is 0 Å². The number of hydrogen-bond acceptors (Lipinski definition) is 1. The molecule has 2 aromatic rings. The highest BCUT2D eigenvalue weighted by atomic mass is 35.5. The quantitative estimate of drug-likeness (QED) is 0.810. The lowest BCUT2D eigenvalue weighted by Crippen LogP contribution is -2.09. The molecule has 2 nitrogen and oxygen atoms in total. The Hall–Kier alpha value is -1.35. The number of imidazole rings is 1. The van der Waals surface area contributed by atoms with E-state index in [1.165, 1.54) is 30.3 Å². The molecule has 1 aromatic heterocycles. The number of aromatic nitrogens is 2. The van der Waals surface area contributed by atoms with Crippen LogP contribution in [0.15, 0.2) is 24.5 Å². The van der Waals surface area contributed by atoms with Gasteiger partial charge in [-0.25, -0.2) is 9.37 Å². The molecular formula is C14H14ClFN2. The molecule has 1 aliphatic carbocycles. The summed E-state index contributed by atoms with van der Waals surface area (Å²) >= 11 is 5.98. The maximum atomic E-state index is 13.4. The van der Waals surface area contributed by atoms with Crippen LogP contribution < -0.4 is 0 Å². The van der Waals surface area contributed by atoms with Crippen LogP contribution in [0.5, 0.6) is 0 Å². The van der Waals surface area contributed by atoms with E-state index in [2.05, 4.69) is 9.55 Å². The predicted molar refractivity (Wildman–Crippen MR) is 69.4 cm³/mol. The Morgan fingerprint density at radius 3 is 3.00 bits per heavy atom. The molecule has 0 bridgehead atoms. The SMILES string of the molecule is Fc1cccc(Cn2cnc3c2CCCC3)c1Cl. The number of benzene rings is 1. The highest BCUT2D eigenvalue weighted by Gasteiger charge is 2.16. The third kappa shape index (κ3) is 2.03. The number of fused-ring (bicyclic) bond motifs is 1. The Morgan fingerprint density at radius 2 is 2.11 bits per heavy atom. The fourth-order valence-corrected chi connectivity index (χ4v) is 2.71. The van der Waals surface area contributed by atoms with E-state index in [1.807, 2.05) is 12.4 Å². The van der Waals surface area contributed by atoms with Crippen molar-refractivity contribution in [2.75, 3.05) is 0 Å². The molecule has 1 aliphatic rings. The third-order valence-electron chi connectivity index (χ3n) is 3.48. The van der Waals surface area contributed by atoms with Crippen LogP contribution in [-0.4, -0.2) is 9.55 Å². The van der Waals surface area contributed by atoms with E-state index >= 15 is 0 Å². The molecule has 0 fully saturated rings. The van der Waals surface area contributed by atoms with E-state index in [4.69, 9.17) is 11.6 Å². The third-order valence-corrected chi connectivity index (χ3v) is 3.91. The van der Waals surface area contributed by atoms with Gasteiger partial charge in [-0.2, -0.15) is 0 Å². The second-order valence-corrected chi connectivity index (χ2v) is 5.06. The van der Waals surface area contributed by atoms with Crippen LogP contribution in [0.1, 0.15) is 29.8 Å². The molecule has 0 saturated heterocycles. The van der Waals surface area contributed by atoms with Crippen molar-refractivity contribution in [1.82, 2.24) is 9.55 Å². The second kappa shape index (κ2) is 4.73. The first-order valence-corrected chi connectivity index (χ1v) is 6.59. The van der Waals surface area contributed by atoms with Gasteiger partial charge in [-0.3, -0.25) is 0 Å². The highest BCUT2D eigenvalue weighted by Crippen LogP contribution is 2.24. The molecule has 0 aliphatic heterocycles. The predicted octanol–water partition coefficient (Wildman–Crippen LogP) is 3.60. The van der Waals surface area contributed by atoms with E-state index in [9.17, 15) is 4.39 Å². The van der Waals surface area contributed by atoms with E-state index in [-0.39, 0.29) is 10.8 Å². The van der Waals surface area contributed by atoms with Gasteiger partial charge in [0.25, 0.3) is 0 Å². The summed E-state index contributed by atoms with van der Waals surface area (Å²) in [6, 6.07) is 4.94. The summed E-state index contributed by atoms with van der Waals surface area (Å²) in [5.74, 6) is -0.358. The zero-order chi connectivity index (χ0) is 12.5. The monoisotopic (exact) mass is 264 g/mol. The van der Waals surface area contributed by atoms with Crippen molar-refractivity contribution in [1.29, 1.82) is 0 Å². The van der Waals surface area contributed by atoms with Gasteiger partial charge in [0.1, 0.15) is 5.82 Å². The van der Waals surface area contributed by atoms with Gasteiger partial charge in [0.2, 0.25) is 0 Å². The average molecular weight is 265 g/mol. The van der Waals surface area contributed by atoms with Crippen LogP contribution in [0.4, 0.5) is 4.39 Å². The van der Waals surface area contributed by atoms with Gasteiger partial charge < -0.3 is 4.57 Å². The van der Waals surface area contributed by atoms with Crippen molar-refractivity contribution in [3.8, 4) is 0 Å². The summed E-state index contributed by atoms with van der Waals surface area (Å²) in [5, 5.41) is 0.218. The van der Waals surface area contributed by atoms with Crippen LogP contribution in [0.2, 0.25) is 5.02 Å². The minimum Gasteiger partial charge on any atom is -0.330 e. The lowest BCUT2D eigenvalue weighted by molar-refractivity contribution is 0.615. The number of aryl methyl sites for hydroxylation is 1.